The van der Waals surface area contributed by atoms with E-state index in [1.165, 1.54) is 0 Å². The summed E-state index contributed by atoms with van der Waals surface area (Å²) in [5.41, 5.74) is 0.987. The number of methoxy groups -OCH3 is 2. The van der Waals surface area contributed by atoms with Crippen LogP contribution in [0.4, 0.5) is 0 Å². The number of ether oxygens (including phenoxy) is 2. The molecule has 98 valence electrons. The minimum Gasteiger partial charge on any atom is -0.493 e. The first-order valence-electron chi connectivity index (χ1n) is 5.48. The van der Waals surface area contributed by atoms with Crippen LogP contribution in [-0.4, -0.2) is 37.1 Å². The fraction of sp³-hybridized carbons (Fsp3) is 0.417. The molecule has 0 bridgehead atoms. The molecule has 18 heavy (non-hydrogen) atoms. The maximum atomic E-state index is 10.9. The topological polar surface area (TPSA) is 67.8 Å². The van der Waals surface area contributed by atoms with E-state index in [1.54, 1.807) is 26.0 Å². The zero-order valence-electron chi connectivity index (χ0n) is 10.2. The molecule has 0 spiro atoms. The summed E-state index contributed by atoms with van der Waals surface area (Å²) in [5, 5.41) is 12.0. The van der Waals surface area contributed by atoms with Crippen LogP contribution in [0.3, 0.4) is 0 Å². The fourth-order valence-corrected chi connectivity index (χ4v) is 3.05. The number of rotatable bonds is 4. The number of carboxylic acids is 1. The Morgan fingerprint density at radius 2 is 2.11 bits per heavy atom. The van der Waals surface area contributed by atoms with Crippen molar-refractivity contribution in [2.75, 3.05) is 20.0 Å². The van der Waals surface area contributed by atoms with Gasteiger partial charge < -0.3 is 14.6 Å². The van der Waals surface area contributed by atoms with Gasteiger partial charge in [0.25, 0.3) is 0 Å². The molecule has 0 saturated carbocycles. The van der Waals surface area contributed by atoms with Crippen molar-refractivity contribution < 1.29 is 19.4 Å². The molecule has 2 atom stereocenters. The number of benzene rings is 1. The summed E-state index contributed by atoms with van der Waals surface area (Å²) in [4.78, 5) is 10.9. The van der Waals surface area contributed by atoms with Crippen LogP contribution >= 0.6 is 11.8 Å². The number of hydrogen-bond acceptors (Lipinski definition) is 5. The van der Waals surface area contributed by atoms with Gasteiger partial charge in [-0.1, -0.05) is 6.07 Å². The third-order valence-corrected chi connectivity index (χ3v) is 4.06. The summed E-state index contributed by atoms with van der Waals surface area (Å²) in [7, 11) is 3.16. The van der Waals surface area contributed by atoms with Crippen molar-refractivity contribution in [1.29, 1.82) is 0 Å². The Hall–Kier alpha value is -1.40. The number of thioether (sulfide) groups is 1. The molecule has 1 saturated heterocycles. The normalized spacial score (nSPS) is 22.8. The van der Waals surface area contributed by atoms with Gasteiger partial charge in [0.15, 0.2) is 11.5 Å². The number of aliphatic carboxylic acids is 1. The fourth-order valence-electron chi connectivity index (χ4n) is 1.82. The van der Waals surface area contributed by atoms with E-state index in [0.717, 1.165) is 5.56 Å². The molecule has 5 nitrogen and oxygen atoms in total. The van der Waals surface area contributed by atoms with Gasteiger partial charge >= 0.3 is 5.97 Å². The Morgan fingerprint density at radius 1 is 1.39 bits per heavy atom. The van der Waals surface area contributed by atoms with E-state index < -0.39 is 12.0 Å². The smallest absolute Gasteiger partial charge is 0.321 e. The number of carboxylic acid groups (broad SMARTS) is 1. The molecule has 1 aliphatic heterocycles. The van der Waals surface area contributed by atoms with Crippen LogP contribution in [0.5, 0.6) is 11.5 Å². The van der Waals surface area contributed by atoms with E-state index in [-0.39, 0.29) is 5.37 Å². The maximum absolute atomic E-state index is 10.9. The van der Waals surface area contributed by atoms with Crippen LogP contribution in [0.15, 0.2) is 18.2 Å². The monoisotopic (exact) mass is 269 g/mol. The van der Waals surface area contributed by atoms with Gasteiger partial charge in [-0.2, -0.15) is 0 Å². The molecule has 0 aromatic heterocycles. The minimum absolute atomic E-state index is 0.0223. The third-order valence-electron chi connectivity index (χ3n) is 2.79. The van der Waals surface area contributed by atoms with Crippen molar-refractivity contribution in [3.05, 3.63) is 23.8 Å². The molecule has 6 heteroatoms. The van der Waals surface area contributed by atoms with Crippen LogP contribution in [0.25, 0.3) is 0 Å². The van der Waals surface area contributed by atoms with E-state index in [0.29, 0.717) is 17.3 Å². The standard InChI is InChI=1S/C12H15NO4S/c1-16-9-4-3-7(5-10(9)17-2)11-13-8(6-18-11)12(14)15/h3-5,8,11,13H,6H2,1-2H3,(H,14,15)/t8?,11-/m1/s1. The van der Waals surface area contributed by atoms with Crippen molar-refractivity contribution in [3.8, 4) is 11.5 Å². The molecular weight excluding hydrogens is 254 g/mol. The van der Waals surface area contributed by atoms with Gasteiger partial charge in [0.05, 0.1) is 19.6 Å². The van der Waals surface area contributed by atoms with Gasteiger partial charge in [0.2, 0.25) is 0 Å². The van der Waals surface area contributed by atoms with Crippen LogP contribution < -0.4 is 14.8 Å². The lowest BCUT2D eigenvalue weighted by atomic mass is 10.2. The second-order valence-corrected chi connectivity index (χ2v) is 5.02. The van der Waals surface area contributed by atoms with Crippen molar-refractivity contribution in [3.63, 3.8) is 0 Å². The lowest BCUT2D eigenvalue weighted by Crippen LogP contribution is -2.33. The average molecular weight is 269 g/mol. The molecule has 1 fully saturated rings. The van der Waals surface area contributed by atoms with Gasteiger partial charge in [-0.25, -0.2) is 0 Å². The Kier molecular flexibility index (Phi) is 3.98. The highest BCUT2D eigenvalue weighted by atomic mass is 32.2. The zero-order valence-corrected chi connectivity index (χ0v) is 11.0. The lowest BCUT2D eigenvalue weighted by molar-refractivity contribution is -0.138. The summed E-state index contributed by atoms with van der Waals surface area (Å²) in [6.45, 7) is 0. The minimum atomic E-state index is -0.814. The van der Waals surface area contributed by atoms with Gasteiger partial charge in [-0.3, -0.25) is 10.1 Å². The van der Waals surface area contributed by atoms with Crippen LogP contribution in [0.2, 0.25) is 0 Å². The predicted molar refractivity (Wildman–Crippen MR) is 69.3 cm³/mol. The second kappa shape index (κ2) is 5.49. The molecule has 1 aromatic rings. The Balaban J connectivity index is 2.17. The zero-order chi connectivity index (χ0) is 13.1. The summed E-state index contributed by atoms with van der Waals surface area (Å²) < 4.78 is 10.4. The molecule has 1 aromatic carbocycles. The SMILES string of the molecule is COc1ccc([C@@H]2NC(C(=O)O)CS2)cc1OC. The first-order valence-corrected chi connectivity index (χ1v) is 6.53. The molecular formula is C12H15NO4S. The van der Waals surface area contributed by atoms with Gasteiger partial charge in [0.1, 0.15) is 6.04 Å². The van der Waals surface area contributed by atoms with Crippen molar-refractivity contribution in [2.45, 2.75) is 11.4 Å². The first kappa shape index (κ1) is 13.0. The van der Waals surface area contributed by atoms with Crippen LogP contribution in [-0.2, 0) is 4.79 Å². The Bertz CT molecular complexity index is 452. The molecule has 0 amide bonds. The highest BCUT2D eigenvalue weighted by Gasteiger charge is 2.30. The Labute approximate surface area is 109 Å². The molecule has 1 heterocycles. The summed E-state index contributed by atoms with van der Waals surface area (Å²) in [5.74, 6) is 1.06. The van der Waals surface area contributed by atoms with E-state index in [9.17, 15) is 4.79 Å². The van der Waals surface area contributed by atoms with E-state index >= 15 is 0 Å². The lowest BCUT2D eigenvalue weighted by Gasteiger charge is -2.14. The highest BCUT2D eigenvalue weighted by Crippen LogP contribution is 2.37. The van der Waals surface area contributed by atoms with Crippen LogP contribution in [0, 0.1) is 0 Å². The largest absolute Gasteiger partial charge is 0.493 e. The molecule has 2 rings (SSSR count). The molecule has 0 aliphatic carbocycles. The molecule has 1 unspecified atom stereocenters. The van der Waals surface area contributed by atoms with E-state index in [2.05, 4.69) is 5.32 Å². The van der Waals surface area contributed by atoms with Crippen LogP contribution in [0.1, 0.15) is 10.9 Å². The number of hydrogen-bond donors (Lipinski definition) is 2. The number of nitrogens with one attached hydrogen (secondary N) is 1. The predicted octanol–water partition coefficient (Wildman–Crippen LogP) is 1.49. The second-order valence-electron chi connectivity index (χ2n) is 3.89. The van der Waals surface area contributed by atoms with E-state index in [4.69, 9.17) is 14.6 Å². The van der Waals surface area contributed by atoms with Crippen molar-refractivity contribution in [2.24, 2.45) is 0 Å². The first-order chi connectivity index (χ1) is 8.65. The number of carbonyl (C=O) groups is 1. The van der Waals surface area contributed by atoms with Gasteiger partial charge in [0, 0.05) is 5.75 Å². The van der Waals surface area contributed by atoms with Crippen molar-refractivity contribution in [1.82, 2.24) is 5.32 Å². The molecule has 2 N–H and O–H groups in total. The highest BCUT2D eigenvalue weighted by molar-refractivity contribution is 7.99. The summed E-state index contributed by atoms with van der Waals surface area (Å²) in [6.07, 6.45) is 0. The van der Waals surface area contributed by atoms with E-state index in [1.807, 2.05) is 18.2 Å². The van der Waals surface area contributed by atoms with Gasteiger partial charge in [-0.05, 0) is 17.7 Å². The average Bonchev–Trinajstić information content (AvgIpc) is 2.87. The maximum Gasteiger partial charge on any atom is 0.321 e. The third kappa shape index (κ3) is 2.54. The quantitative estimate of drug-likeness (QED) is 0.863. The van der Waals surface area contributed by atoms with Gasteiger partial charge in [-0.15, -0.1) is 11.8 Å². The Morgan fingerprint density at radius 3 is 2.67 bits per heavy atom. The molecule has 1 aliphatic rings. The van der Waals surface area contributed by atoms with Crippen molar-refractivity contribution >= 4 is 17.7 Å². The molecule has 0 radical (unpaired) electrons. The summed E-state index contributed by atoms with van der Waals surface area (Å²) in [6, 6.07) is 5.11. The summed E-state index contributed by atoms with van der Waals surface area (Å²) >= 11 is 1.58.